The summed E-state index contributed by atoms with van der Waals surface area (Å²) < 4.78 is 0. The lowest BCUT2D eigenvalue weighted by Crippen LogP contribution is -1.81. The van der Waals surface area contributed by atoms with E-state index in [0.717, 1.165) is 18.4 Å². The number of aromatic nitrogens is 1. The van der Waals surface area contributed by atoms with Crippen LogP contribution in [0.15, 0.2) is 12.3 Å². The molecule has 0 spiro atoms. The second-order valence-electron chi connectivity index (χ2n) is 2.40. The molecule has 0 saturated carbocycles. The molecule has 0 aliphatic rings. The van der Waals surface area contributed by atoms with Crippen LogP contribution in [0.5, 0.6) is 0 Å². The Kier molecular flexibility index (Phi) is 2.26. The number of aryl methyl sites for hydroxylation is 2. The summed E-state index contributed by atoms with van der Waals surface area (Å²) in [6.07, 6.45) is 4.37. The highest BCUT2D eigenvalue weighted by atomic mass is 16.1. The molecule has 0 aliphatic heterocycles. The maximum Gasteiger partial charge on any atom is 0.120 e. The van der Waals surface area contributed by atoms with Crippen LogP contribution in [0, 0.1) is 6.92 Å². The summed E-state index contributed by atoms with van der Waals surface area (Å²) in [5.41, 5.74) is 2.37. The van der Waals surface area contributed by atoms with Crippen LogP contribution in [0.1, 0.15) is 17.7 Å². The van der Waals surface area contributed by atoms with Crippen molar-refractivity contribution in [2.75, 3.05) is 0 Å². The minimum absolute atomic E-state index is 0.622. The fourth-order valence-electron chi connectivity index (χ4n) is 0.938. The molecule has 1 rings (SSSR count). The van der Waals surface area contributed by atoms with Crippen LogP contribution >= 0.6 is 0 Å². The quantitative estimate of drug-likeness (QED) is 0.628. The Hall–Kier alpha value is -1.05. The van der Waals surface area contributed by atoms with E-state index >= 15 is 0 Å². The average molecular weight is 137 g/mol. The number of H-pyrrole nitrogens is 1. The van der Waals surface area contributed by atoms with Crippen molar-refractivity contribution < 1.29 is 4.79 Å². The SMILES string of the molecule is Cc1cc(CCC=O)c[nH]1. The molecule has 0 bridgehead atoms. The molecular formula is C8H11NO. The van der Waals surface area contributed by atoms with E-state index in [1.165, 1.54) is 5.56 Å². The lowest BCUT2D eigenvalue weighted by atomic mass is 10.2. The molecule has 1 aromatic rings. The summed E-state index contributed by atoms with van der Waals surface area (Å²) in [6.45, 7) is 2.00. The van der Waals surface area contributed by atoms with Gasteiger partial charge in [0.25, 0.3) is 0 Å². The monoisotopic (exact) mass is 137 g/mol. The predicted octanol–water partition coefficient (Wildman–Crippen LogP) is 1.45. The van der Waals surface area contributed by atoms with Crippen molar-refractivity contribution in [3.05, 3.63) is 23.5 Å². The van der Waals surface area contributed by atoms with Crippen LogP contribution in [0.25, 0.3) is 0 Å². The minimum Gasteiger partial charge on any atom is -0.365 e. The fraction of sp³-hybridized carbons (Fsp3) is 0.375. The van der Waals surface area contributed by atoms with E-state index in [4.69, 9.17) is 0 Å². The molecule has 0 atom stereocenters. The highest BCUT2D eigenvalue weighted by molar-refractivity contribution is 5.50. The van der Waals surface area contributed by atoms with Crippen LogP contribution in [0.4, 0.5) is 0 Å². The number of rotatable bonds is 3. The number of hydrogen-bond acceptors (Lipinski definition) is 1. The number of hydrogen-bond donors (Lipinski definition) is 1. The van der Waals surface area contributed by atoms with Gasteiger partial charge in [0.05, 0.1) is 0 Å². The van der Waals surface area contributed by atoms with E-state index in [-0.39, 0.29) is 0 Å². The molecule has 2 heteroatoms. The Balaban J connectivity index is 2.49. The first-order valence-electron chi connectivity index (χ1n) is 3.40. The summed E-state index contributed by atoms with van der Waals surface area (Å²) in [5, 5.41) is 0. The Morgan fingerprint density at radius 1 is 1.70 bits per heavy atom. The molecular weight excluding hydrogens is 126 g/mol. The van der Waals surface area contributed by atoms with Crippen molar-refractivity contribution in [3.8, 4) is 0 Å². The third-order valence-corrected chi connectivity index (χ3v) is 1.44. The van der Waals surface area contributed by atoms with E-state index < -0.39 is 0 Å². The smallest absolute Gasteiger partial charge is 0.120 e. The van der Waals surface area contributed by atoms with Gasteiger partial charge < -0.3 is 9.78 Å². The number of carbonyl (C=O) groups excluding carboxylic acids is 1. The van der Waals surface area contributed by atoms with Gasteiger partial charge in [-0.05, 0) is 25.0 Å². The topological polar surface area (TPSA) is 32.9 Å². The largest absolute Gasteiger partial charge is 0.365 e. The second-order valence-corrected chi connectivity index (χ2v) is 2.40. The van der Waals surface area contributed by atoms with Gasteiger partial charge in [-0.2, -0.15) is 0 Å². The lowest BCUT2D eigenvalue weighted by molar-refractivity contribution is -0.107. The Morgan fingerprint density at radius 2 is 2.50 bits per heavy atom. The molecule has 2 nitrogen and oxygen atoms in total. The van der Waals surface area contributed by atoms with Crippen molar-refractivity contribution in [2.45, 2.75) is 19.8 Å². The molecule has 0 aliphatic carbocycles. The zero-order chi connectivity index (χ0) is 7.40. The first-order chi connectivity index (χ1) is 4.83. The van der Waals surface area contributed by atoms with E-state index in [9.17, 15) is 4.79 Å². The van der Waals surface area contributed by atoms with Gasteiger partial charge in [0.2, 0.25) is 0 Å². The fourth-order valence-corrected chi connectivity index (χ4v) is 0.938. The van der Waals surface area contributed by atoms with Crippen molar-refractivity contribution in [1.82, 2.24) is 4.98 Å². The highest BCUT2D eigenvalue weighted by Gasteiger charge is 1.93. The van der Waals surface area contributed by atoms with Crippen LogP contribution in [0.3, 0.4) is 0 Å². The molecule has 0 amide bonds. The van der Waals surface area contributed by atoms with Crippen molar-refractivity contribution in [3.63, 3.8) is 0 Å². The molecule has 10 heavy (non-hydrogen) atoms. The van der Waals surface area contributed by atoms with Crippen LogP contribution < -0.4 is 0 Å². The van der Waals surface area contributed by atoms with Gasteiger partial charge in [-0.25, -0.2) is 0 Å². The third-order valence-electron chi connectivity index (χ3n) is 1.44. The molecule has 0 saturated heterocycles. The van der Waals surface area contributed by atoms with E-state index in [1.54, 1.807) is 0 Å². The average Bonchev–Trinajstić information content (AvgIpc) is 2.31. The van der Waals surface area contributed by atoms with Gasteiger partial charge in [0.15, 0.2) is 0 Å². The van der Waals surface area contributed by atoms with E-state index in [1.807, 2.05) is 13.1 Å². The van der Waals surface area contributed by atoms with Crippen molar-refractivity contribution in [2.24, 2.45) is 0 Å². The molecule has 0 aromatic carbocycles. The maximum atomic E-state index is 9.97. The Morgan fingerprint density at radius 3 is 3.00 bits per heavy atom. The standard InChI is InChI=1S/C8H11NO/c1-7-5-8(6-9-7)3-2-4-10/h4-6,9H,2-3H2,1H3. The number of carbonyl (C=O) groups is 1. The summed E-state index contributed by atoms with van der Waals surface area (Å²) in [6, 6.07) is 2.06. The van der Waals surface area contributed by atoms with Gasteiger partial charge >= 0.3 is 0 Å². The molecule has 54 valence electrons. The van der Waals surface area contributed by atoms with Gasteiger partial charge in [-0.1, -0.05) is 0 Å². The molecule has 1 aromatic heterocycles. The first-order valence-corrected chi connectivity index (χ1v) is 3.40. The Labute approximate surface area is 60.3 Å². The van der Waals surface area contributed by atoms with Gasteiger partial charge in [0.1, 0.15) is 6.29 Å². The van der Waals surface area contributed by atoms with Crippen LogP contribution in [-0.4, -0.2) is 11.3 Å². The summed E-state index contributed by atoms with van der Waals surface area (Å²) in [4.78, 5) is 13.0. The maximum absolute atomic E-state index is 9.97. The van der Waals surface area contributed by atoms with Crippen molar-refractivity contribution in [1.29, 1.82) is 0 Å². The predicted molar refractivity (Wildman–Crippen MR) is 39.9 cm³/mol. The molecule has 1 heterocycles. The summed E-state index contributed by atoms with van der Waals surface area (Å²) >= 11 is 0. The minimum atomic E-state index is 0.622. The van der Waals surface area contributed by atoms with Gasteiger partial charge in [-0.15, -0.1) is 0 Å². The highest BCUT2D eigenvalue weighted by Crippen LogP contribution is 2.03. The number of aldehydes is 1. The lowest BCUT2D eigenvalue weighted by Gasteiger charge is -1.86. The second kappa shape index (κ2) is 3.20. The van der Waals surface area contributed by atoms with E-state index in [0.29, 0.717) is 6.42 Å². The third kappa shape index (κ3) is 1.72. The zero-order valence-electron chi connectivity index (χ0n) is 6.05. The Bertz CT molecular complexity index is 215. The normalized spacial score (nSPS) is 9.70. The number of aromatic amines is 1. The van der Waals surface area contributed by atoms with E-state index in [2.05, 4.69) is 11.1 Å². The number of nitrogens with one attached hydrogen (secondary N) is 1. The van der Waals surface area contributed by atoms with Gasteiger partial charge in [-0.3, -0.25) is 0 Å². The molecule has 0 unspecified atom stereocenters. The summed E-state index contributed by atoms with van der Waals surface area (Å²) in [5.74, 6) is 0. The molecule has 0 radical (unpaired) electrons. The zero-order valence-corrected chi connectivity index (χ0v) is 6.05. The van der Waals surface area contributed by atoms with Crippen LogP contribution in [0.2, 0.25) is 0 Å². The van der Waals surface area contributed by atoms with Crippen LogP contribution in [-0.2, 0) is 11.2 Å². The molecule has 1 N–H and O–H groups in total. The van der Waals surface area contributed by atoms with Gasteiger partial charge in [0, 0.05) is 18.3 Å². The molecule has 0 fully saturated rings. The summed E-state index contributed by atoms with van der Waals surface area (Å²) in [7, 11) is 0. The van der Waals surface area contributed by atoms with Crippen molar-refractivity contribution >= 4 is 6.29 Å². The first kappa shape index (κ1) is 7.06.